The van der Waals surface area contributed by atoms with E-state index in [1.807, 2.05) is 0 Å². The first-order chi connectivity index (χ1) is 10.0. The van der Waals surface area contributed by atoms with Crippen LogP contribution < -0.4 is 4.74 Å². The number of carbonyl (C=O) groups is 2. The highest BCUT2D eigenvalue weighted by atomic mass is 19.1. The Kier molecular flexibility index (Phi) is 4.02. The summed E-state index contributed by atoms with van der Waals surface area (Å²) in [5.74, 6) is -2.12. The van der Waals surface area contributed by atoms with E-state index >= 15 is 0 Å². The first kappa shape index (κ1) is 14.7. The van der Waals surface area contributed by atoms with Crippen molar-refractivity contribution in [3.8, 4) is 5.75 Å². The fourth-order valence-electron chi connectivity index (χ4n) is 1.87. The van der Waals surface area contributed by atoms with Crippen LogP contribution in [0, 0.1) is 5.82 Å². The van der Waals surface area contributed by atoms with Gasteiger partial charge >= 0.3 is 11.9 Å². The highest BCUT2D eigenvalue weighted by Gasteiger charge is 2.19. The second-order valence-electron chi connectivity index (χ2n) is 4.04. The molecule has 0 saturated carbocycles. The van der Waals surface area contributed by atoms with Crippen LogP contribution in [0.3, 0.4) is 0 Å². The number of esters is 2. The molecular formula is C14H12FNO5. The van der Waals surface area contributed by atoms with Crippen molar-refractivity contribution in [1.82, 2.24) is 4.98 Å². The van der Waals surface area contributed by atoms with Gasteiger partial charge < -0.3 is 14.2 Å². The van der Waals surface area contributed by atoms with Gasteiger partial charge in [-0.3, -0.25) is 0 Å². The Morgan fingerprint density at radius 1 is 1.05 bits per heavy atom. The third-order valence-corrected chi connectivity index (χ3v) is 2.88. The highest BCUT2D eigenvalue weighted by Crippen LogP contribution is 2.27. The number of hydrogen-bond acceptors (Lipinski definition) is 6. The van der Waals surface area contributed by atoms with Gasteiger partial charge in [-0.2, -0.15) is 0 Å². The molecule has 0 aliphatic heterocycles. The minimum Gasteiger partial charge on any atom is -0.494 e. The van der Waals surface area contributed by atoms with Crippen molar-refractivity contribution in [3.63, 3.8) is 0 Å². The Hall–Kier alpha value is -2.70. The van der Waals surface area contributed by atoms with Crippen LogP contribution >= 0.6 is 0 Å². The van der Waals surface area contributed by atoms with Crippen molar-refractivity contribution >= 4 is 22.8 Å². The topological polar surface area (TPSA) is 74.7 Å². The molecule has 0 radical (unpaired) electrons. The number of halogens is 1. The lowest BCUT2D eigenvalue weighted by Crippen LogP contribution is -2.10. The van der Waals surface area contributed by atoms with Crippen LogP contribution in [0.2, 0.25) is 0 Å². The molecule has 0 aliphatic carbocycles. The van der Waals surface area contributed by atoms with Crippen molar-refractivity contribution in [1.29, 1.82) is 0 Å². The third-order valence-electron chi connectivity index (χ3n) is 2.88. The van der Waals surface area contributed by atoms with Gasteiger partial charge in [0.2, 0.25) is 0 Å². The molecule has 1 heterocycles. The summed E-state index contributed by atoms with van der Waals surface area (Å²) in [4.78, 5) is 27.4. The lowest BCUT2D eigenvalue weighted by molar-refractivity contribution is 0.0594. The number of fused-ring (bicyclic) bond motifs is 1. The number of carbonyl (C=O) groups excluding carboxylic acids is 2. The van der Waals surface area contributed by atoms with E-state index < -0.39 is 17.8 Å². The van der Waals surface area contributed by atoms with E-state index in [4.69, 9.17) is 4.74 Å². The van der Waals surface area contributed by atoms with Crippen molar-refractivity contribution in [3.05, 3.63) is 35.3 Å². The van der Waals surface area contributed by atoms with E-state index in [9.17, 15) is 14.0 Å². The summed E-state index contributed by atoms with van der Waals surface area (Å²) in [6.07, 6.45) is 0. The monoisotopic (exact) mass is 293 g/mol. The molecule has 0 aliphatic rings. The first-order valence-electron chi connectivity index (χ1n) is 5.86. The second-order valence-corrected chi connectivity index (χ2v) is 4.04. The zero-order chi connectivity index (χ0) is 15.6. The van der Waals surface area contributed by atoms with Crippen LogP contribution in [0.15, 0.2) is 18.2 Å². The zero-order valence-corrected chi connectivity index (χ0v) is 11.6. The van der Waals surface area contributed by atoms with Gasteiger partial charge in [-0.05, 0) is 12.1 Å². The fourth-order valence-corrected chi connectivity index (χ4v) is 1.87. The van der Waals surface area contributed by atoms with E-state index in [0.29, 0.717) is 5.39 Å². The maximum absolute atomic E-state index is 13.8. The van der Waals surface area contributed by atoms with Gasteiger partial charge in [0, 0.05) is 11.5 Å². The summed E-state index contributed by atoms with van der Waals surface area (Å²) < 4.78 is 27.8. The molecule has 0 atom stereocenters. The fraction of sp³-hybridized carbons (Fsp3) is 0.214. The van der Waals surface area contributed by atoms with Crippen molar-refractivity contribution in [2.24, 2.45) is 0 Å². The summed E-state index contributed by atoms with van der Waals surface area (Å²) in [5.41, 5.74) is 0.0766. The van der Waals surface area contributed by atoms with Crippen molar-refractivity contribution < 1.29 is 28.2 Å². The molecule has 0 spiro atoms. The lowest BCUT2D eigenvalue weighted by Gasteiger charge is -2.09. The number of aromatic nitrogens is 1. The van der Waals surface area contributed by atoms with Gasteiger partial charge in [0.05, 0.1) is 32.4 Å². The maximum Gasteiger partial charge on any atom is 0.356 e. The molecule has 0 saturated heterocycles. The number of benzene rings is 1. The molecule has 0 amide bonds. The van der Waals surface area contributed by atoms with Gasteiger partial charge in [-0.25, -0.2) is 19.0 Å². The molecule has 2 rings (SSSR count). The molecular weight excluding hydrogens is 281 g/mol. The van der Waals surface area contributed by atoms with Gasteiger partial charge in [0.1, 0.15) is 5.69 Å². The second kappa shape index (κ2) is 5.74. The summed E-state index contributed by atoms with van der Waals surface area (Å²) in [6, 6.07) is 3.63. The van der Waals surface area contributed by atoms with Crippen LogP contribution in [-0.2, 0) is 9.47 Å². The van der Waals surface area contributed by atoms with Gasteiger partial charge in [-0.1, -0.05) is 0 Å². The molecule has 110 valence electrons. The zero-order valence-electron chi connectivity index (χ0n) is 11.6. The largest absolute Gasteiger partial charge is 0.494 e. The Bertz CT molecular complexity index is 729. The molecule has 21 heavy (non-hydrogen) atoms. The number of rotatable bonds is 3. The Morgan fingerprint density at radius 3 is 2.29 bits per heavy atom. The van der Waals surface area contributed by atoms with E-state index in [2.05, 4.69) is 14.5 Å². The standard InChI is InChI=1S/C14H12FNO5/c1-19-12-5-7-8(13(17)20-2)4-11(14(18)21-3)16-10(7)6-9(12)15/h4-6H,1-3H3. The van der Waals surface area contributed by atoms with Gasteiger partial charge in [0.15, 0.2) is 11.6 Å². The maximum atomic E-state index is 13.8. The van der Waals surface area contributed by atoms with Crippen LogP contribution in [0.4, 0.5) is 4.39 Å². The smallest absolute Gasteiger partial charge is 0.356 e. The summed E-state index contributed by atoms with van der Waals surface area (Å²) in [7, 11) is 3.69. The van der Waals surface area contributed by atoms with Crippen molar-refractivity contribution in [2.75, 3.05) is 21.3 Å². The van der Waals surface area contributed by atoms with Crippen LogP contribution in [0.5, 0.6) is 5.75 Å². The quantitative estimate of drug-likeness (QED) is 0.805. The Morgan fingerprint density at radius 2 is 1.71 bits per heavy atom. The SMILES string of the molecule is COC(=O)c1cc(C(=O)OC)c2cc(OC)c(F)cc2n1. The van der Waals surface area contributed by atoms with Gasteiger partial charge in [-0.15, -0.1) is 0 Å². The molecule has 0 unspecified atom stereocenters. The first-order valence-corrected chi connectivity index (χ1v) is 5.86. The van der Waals surface area contributed by atoms with Crippen LogP contribution in [0.1, 0.15) is 20.8 Å². The summed E-state index contributed by atoms with van der Waals surface area (Å²) in [5, 5.41) is 0.313. The number of pyridine rings is 1. The number of ether oxygens (including phenoxy) is 3. The number of nitrogens with zero attached hydrogens (tertiary/aromatic N) is 1. The molecule has 1 aromatic carbocycles. The lowest BCUT2D eigenvalue weighted by atomic mass is 10.1. The summed E-state index contributed by atoms with van der Waals surface area (Å²) in [6.45, 7) is 0. The molecule has 6 nitrogen and oxygen atoms in total. The minimum atomic E-state index is -0.738. The average Bonchev–Trinajstić information content (AvgIpc) is 2.51. The van der Waals surface area contributed by atoms with E-state index in [1.54, 1.807) is 0 Å². The number of methoxy groups -OCH3 is 3. The predicted octanol–water partition coefficient (Wildman–Crippen LogP) is 1.96. The number of hydrogen-bond donors (Lipinski definition) is 0. The molecule has 2 aromatic rings. The van der Waals surface area contributed by atoms with E-state index in [1.165, 1.54) is 33.5 Å². The molecule has 7 heteroatoms. The third kappa shape index (κ3) is 2.62. The van der Waals surface area contributed by atoms with E-state index in [-0.39, 0.29) is 22.5 Å². The van der Waals surface area contributed by atoms with Crippen LogP contribution in [0.25, 0.3) is 10.9 Å². The highest BCUT2D eigenvalue weighted by molar-refractivity contribution is 6.06. The molecule has 0 N–H and O–H groups in total. The molecule has 1 aromatic heterocycles. The molecule has 0 fully saturated rings. The minimum absolute atomic E-state index is 0.0414. The van der Waals surface area contributed by atoms with Crippen molar-refractivity contribution in [2.45, 2.75) is 0 Å². The van der Waals surface area contributed by atoms with E-state index in [0.717, 1.165) is 6.07 Å². The Balaban J connectivity index is 2.80. The predicted molar refractivity (Wildman–Crippen MR) is 70.9 cm³/mol. The van der Waals surface area contributed by atoms with Gasteiger partial charge in [0.25, 0.3) is 0 Å². The normalized spacial score (nSPS) is 10.3. The average molecular weight is 293 g/mol. The molecule has 0 bridgehead atoms. The Labute approximate surface area is 119 Å². The van der Waals surface area contributed by atoms with Crippen LogP contribution in [-0.4, -0.2) is 38.3 Å². The summed E-state index contributed by atoms with van der Waals surface area (Å²) >= 11 is 0.